The van der Waals surface area contributed by atoms with Crippen LogP contribution in [0.25, 0.3) is 0 Å². The highest BCUT2D eigenvalue weighted by Gasteiger charge is 2.46. The van der Waals surface area contributed by atoms with Crippen molar-refractivity contribution in [2.24, 2.45) is 17.8 Å². The van der Waals surface area contributed by atoms with Gasteiger partial charge in [0.05, 0.1) is 6.04 Å². The summed E-state index contributed by atoms with van der Waals surface area (Å²) in [4.78, 5) is 52.7. The van der Waals surface area contributed by atoms with E-state index in [0.717, 1.165) is 0 Å². The molecule has 4 unspecified atom stereocenters. The number of nitrogens with zero attached hydrogens (tertiary/aromatic N) is 1. The molecular weight excluding hydrogens is 475 g/mol. The second-order valence-corrected chi connectivity index (χ2v) is 10.1. The molecule has 4 atom stereocenters. The van der Waals surface area contributed by atoms with Gasteiger partial charge < -0.3 is 15.5 Å². The van der Waals surface area contributed by atoms with Crippen LogP contribution in [-0.4, -0.2) is 59.3 Å². The lowest BCUT2D eigenvalue weighted by atomic mass is 9.95. The Kier molecular flexibility index (Phi) is 10.1. The van der Waals surface area contributed by atoms with Crippen LogP contribution < -0.4 is 10.6 Å². The van der Waals surface area contributed by atoms with Gasteiger partial charge in [-0.2, -0.15) is 13.2 Å². The second kappa shape index (κ2) is 12.4. The zero-order chi connectivity index (χ0) is 27.2. The lowest BCUT2D eigenvalue weighted by molar-refractivity contribution is -0.175. The highest BCUT2D eigenvalue weighted by atomic mass is 19.4. The molecule has 1 saturated heterocycles. The standard InChI is InChI=1S/C26H36F3N3O4/c1-15(2)20(22(33)26(27,28)29)30-24(35)19-11-6-7-14-32(19)25(36)21(16(3)4)31-23(34)18-10-8-9-17(5)12-13-18/h8-10,12-13,15-17,19-21H,6-7,11,14H2,1-5H3,(H,30,35)(H,31,34). The summed E-state index contributed by atoms with van der Waals surface area (Å²) in [5.41, 5.74) is 0.382. The van der Waals surface area contributed by atoms with Crippen molar-refractivity contribution >= 4 is 23.5 Å². The number of carbonyl (C=O) groups is 4. The molecule has 0 aromatic carbocycles. The number of nitrogens with one attached hydrogen (secondary N) is 2. The zero-order valence-electron chi connectivity index (χ0n) is 21.4. The first-order valence-electron chi connectivity index (χ1n) is 12.3. The van der Waals surface area contributed by atoms with Crippen LogP contribution >= 0.6 is 0 Å². The summed E-state index contributed by atoms with van der Waals surface area (Å²) in [5, 5.41) is 5.00. The minimum Gasteiger partial charge on any atom is -0.344 e. The predicted octanol–water partition coefficient (Wildman–Crippen LogP) is 3.47. The van der Waals surface area contributed by atoms with Crippen molar-refractivity contribution in [3.8, 4) is 0 Å². The number of piperidine rings is 1. The van der Waals surface area contributed by atoms with Crippen molar-refractivity contribution in [1.29, 1.82) is 0 Å². The summed E-state index contributed by atoms with van der Waals surface area (Å²) >= 11 is 0. The highest BCUT2D eigenvalue weighted by Crippen LogP contribution is 2.24. The van der Waals surface area contributed by atoms with Gasteiger partial charge in [0.15, 0.2) is 0 Å². The summed E-state index contributed by atoms with van der Waals surface area (Å²) in [6.45, 7) is 8.54. The predicted molar refractivity (Wildman–Crippen MR) is 129 cm³/mol. The van der Waals surface area contributed by atoms with Crippen molar-refractivity contribution in [2.75, 3.05) is 6.54 Å². The minimum absolute atomic E-state index is 0.153. The van der Waals surface area contributed by atoms with Crippen molar-refractivity contribution in [3.63, 3.8) is 0 Å². The quantitative estimate of drug-likeness (QED) is 0.522. The Hall–Kier alpha value is -2.91. The number of allylic oxidation sites excluding steroid dienone is 4. The van der Waals surface area contributed by atoms with E-state index in [-0.39, 0.29) is 24.8 Å². The summed E-state index contributed by atoms with van der Waals surface area (Å²) < 4.78 is 39.2. The maximum Gasteiger partial charge on any atom is 0.452 e. The zero-order valence-corrected chi connectivity index (χ0v) is 21.4. The second-order valence-electron chi connectivity index (χ2n) is 10.1. The van der Waals surface area contributed by atoms with Crippen LogP contribution in [0.4, 0.5) is 13.2 Å². The number of amides is 3. The van der Waals surface area contributed by atoms with E-state index in [1.807, 2.05) is 19.1 Å². The molecule has 1 aliphatic carbocycles. The fraction of sp³-hybridized carbons (Fsp3) is 0.615. The molecule has 1 aliphatic heterocycles. The van der Waals surface area contributed by atoms with Crippen molar-refractivity contribution in [3.05, 3.63) is 36.0 Å². The van der Waals surface area contributed by atoms with E-state index in [9.17, 15) is 32.3 Å². The average Bonchev–Trinajstić information content (AvgIpc) is 3.03. The van der Waals surface area contributed by atoms with Gasteiger partial charge in [-0.3, -0.25) is 19.2 Å². The van der Waals surface area contributed by atoms with Crippen LogP contribution in [0.1, 0.15) is 53.9 Å². The van der Waals surface area contributed by atoms with Crippen LogP contribution in [0, 0.1) is 17.8 Å². The van der Waals surface area contributed by atoms with Crippen molar-refractivity contribution in [2.45, 2.75) is 78.2 Å². The monoisotopic (exact) mass is 511 g/mol. The van der Waals surface area contributed by atoms with E-state index in [1.165, 1.54) is 18.7 Å². The maximum absolute atomic E-state index is 13.5. The Labute approximate surface area is 210 Å². The van der Waals surface area contributed by atoms with E-state index in [4.69, 9.17) is 0 Å². The van der Waals surface area contributed by atoms with Crippen molar-refractivity contribution < 1.29 is 32.3 Å². The van der Waals surface area contributed by atoms with E-state index >= 15 is 0 Å². The molecule has 7 nitrogen and oxygen atoms in total. The summed E-state index contributed by atoms with van der Waals surface area (Å²) in [7, 11) is 0. The van der Waals surface area contributed by atoms with Crippen LogP contribution in [0.5, 0.6) is 0 Å². The number of hydrogen-bond donors (Lipinski definition) is 2. The van der Waals surface area contributed by atoms with Gasteiger partial charge in [0.25, 0.3) is 11.7 Å². The van der Waals surface area contributed by atoms with Crippen LogP contribution in [0.15, 0.2) is 36.0 Å². The first-order chi connectivity index (χ1) is 16.7. The van der Waals surface area contributed by atoms with Crippen molar-refractivity contribution in [1.82, 2.24) is 15.5 Å². The summed E-state index contributed by atoms with van der Waals surface area (Å²) in [6.07, 6.45) is 5.25. The molecule has 36 heavy (non-hydrogen) atoms. The normalized spacial score (nSPS) is 22.1. The molecule has 0 aromatic rings. The summed E-state index contributed by atoms with van der Waals surface area (Å²) in [5.74, 6) is -4.71. The van der Waals surface area contributed by atoms with Gasteiger partial charge in [-0.25, -0.2) is 0 Å². The topological polar surface area (TPSA) is 95.6 Å². The molecule has 10 heteroatoms. The van der Waals surface area contributed by atoms with E-state index in [2.05, 4.69) is 10.6 Å². The Morgan fingerprint density at radius 2 is 1.61 bits per heavy atom. The Morgan fingerprint density at radius 3 is 2.19 bits per heavy atom. The molecule has 2 N–H and O–H groups in total. The molecule has 0 saturated carbocycles. The molecule has 0 radical (unpaired) electrons. The Bertz CT molecular complexity index is 937. The van der Waals surface area contributed by atoms with E-state index in [0.29, 0.717) is 18.4 Å². The molecule has 3 amide bonds. The summed E-state index contributed by atoms with van der Waals surface area (Å²) in [6, 6.07) is -3.73. The maximum atomic E-state index is 13.5. The van der Waals surface area contributed by atoms with Crippen LogP contribution in [0.3, 0.4) is 0 Å². The van der Waals surface area contributed by atoms with E-state index < -0.39 is 53.7 Å². The molecule has 2 rings (SSSR count). The lowest BCUT2D eigenvalue weighted by Crippen LogP contribution is -2.61. The molecule has 0 spiro atoms. The van der Waals surface area contributed by atoms with Crippen LogP contribution in [0.2, 0.25) is 0 Å². The van der Waals surface area contributed by atoms with E-state index in [1.54, 1.807) is 32.1 Å². The first kappa shape index (κ1) is 29.3. The SMILES string of the molecule is CC1C=CC=C(C(=O)NC(C(=O)N2CCCCC2C(=O)NC(C(=O)C(F)(F)F)C(C)C)C(C)C)C=C1. The number of likely N-dealkylation sites (tertiary alicyclic amines) is 1. The highest BCUT2D eigenvalue weighted by molar-refractivity contribution is 6.00. The molecule has 200 valence electrons. The minimum atomic E-state index is -5.09. The molecule has 1 fully saturated rings. The molecular formula is C26H36F3N3O4. The fourth-order valence-corrected chi connectivity index (χ4v) is 4.21. The third-order valence-electron chi connectivity index (χ3n) is 6.37. The third-order valence-corrected chi connectivity index (χ3v) is 6.37. The number of ketones is 1. The number of rotatable bonds is 8. The third kappa shape index (κ3) is 7.54. The Balaban J connectivity index is 2.22. The molecule has 0 aromatic heterocycles. The largest absolute Gasteiger partial charge is 0.452 e. The van der Waals surface area contributed by atoms with Crippen LogP contribution in [-0.2, 0) is 19.2 Å². The number of Topliss-reactive ketones (excluding diaryl/α,β-unsaturated/α-hetero) is 1. The first-order valence-corrected chi connectivity index (χ1v) is 12.3. The average molecular weight is 512 g/mol. The van der Waals surface area contributed by atoms with Gasteiger partial charge in [-0.15, -0.1) is 0 Å². The molecule has 2 aliphatic rings. The van der Waals surface area contributed by atoms with Gasteiger partial charge in [0.1, 0.15) is 12.1 Å². The van der Waals surface area contributed by atoms with Gasteiger partial charge in [0.2, 0.25) is 11.8 Å². The number of alkyl halides is 3. The Morgan fingerprint density at radius 1 is 0.972 bits per heavy atom. The van der Waals surface area contributed by atoms with Gasteiger partial charge in [0, 0.05) is 12.1 Å². The number of hydrogen-bond acceptors (Lipinski definition) is 4. The number of halogens is 3. The lowest BCUT2D eigenvalue weighted by Gasteiger charge is -2.38. The fourth-order valence-electron chi connectivity index (χ4n) is 4.21. The van der Waals surface area contributed by atoms with Gasteiger partial charge in [-0.1, -0.05) is 58.9 Å². The van der Waals surface area contributed by atoms with Gasteiger partial charge in [-0.05, 0) is 43.1 Å². The molecule has 1 heterocycles. The number of carbonyl (C=O) groups excluding carboxylic acids is 4. The van der Waals surface area contributed by atoms with Gasteiger partial charge >= 0.3 is 6.18 Å². The molecule has 0 bridgehead atoms. The smallest absolute Gasteiger partial charge is 0.344 e.